The molecular weight excluding hydrogens is 308 g/mol. The summed E-state index contributed by atoms with van der Waals surface area (Å²) in [6.07, 6.45) is 3.14. The maximum atomic E-state index is 12.6. The van der Waals surface area contributed by atoms with Crippen LogP contribution in [0, 0.1) is 23.2 Å². The molecule has 0 aromatic carbocycles. The van der Waals surface area contributed by atoms with Gasteiger partial charge in [-0.2, -0.15) is 5.26 Å². The molecule has 0 aromatic rings. The van der Waals surface area contributed by atoms with Crippen molar-refractivity contribution in [1.82, 2.24) is 15.5 Å². The number of imide groups is 1. The van der Waals surface area contributed by atoms with Crippen LogP contribution in [0.3, 0.4) is 0 Å². The summed E-state index contributed by atoms with van der Waals surface area (Å²) in [6, 6.07) is 1.58. The molecule has 0 spiro atoms. The Morgan fingerprint density at radius 1 is 1.50 bits per heavy atom. The highest BCUT2D eigenvalue weighted by Crippen LogP contribution is 2.39. The number of carbonyl (C=O) groups excluding carboxylic acids is 3. The van der Waals surface area contributed by atoms with Gasteiger partial charge in [0, 0.05) is 0 Å². The van der Waals surface area contributed by atoms with E-state index in [0.29, 0.717) is 12.3 Å². The minimum absolute atomic E-state index is 0.144. The van der Waals surface area contributed by atoms with Gasteiger partial charge in [-0.15, -0.1) is 0 Å². The van der Waals surface area contributed by atoms with Gasteiger partial charge in [-0.25, -0.2) is 4.79 Å². The lowest BCUT2D eigenvalue weighted by Crippen LogP contribution is -2.51. The topological polar surface area (TPSA) is 102 Å². The molecule has 132 valence electrons. The van der Waals surface area contributed by atoms with E-state index < -0.39 is 23.0 Å². The third kappa shape index (κ3) is 3.69. The van der Waals surface area contributed by atoms with Gasteiger partial charge in [-0.1, -0.05) is 13.8 Å². The van der Waals surface area contributed by atoms with Crippen molar-refractivity contribution in [2.75, 3.05) is 6.54 Å². The van der Waals surface area contributed by atoms with Gasteiger partial charge in [-0.05, 0) is 51.4 Å². The number of carbonyl (C=O) groups is 3. The number of nitrogens with zero attached hydrogens (tertiary/aromatic N) is 2. The summed E-state index contributed by atoms with van der Waals surface area (Å²) < 4.78 is 0. The van der Waals surface area contributed by atoms with Crippen molar-refractivity contribution in [1.29, 1.82) is 5.26 Å². The molecule has 0 radical (unpaired) electrons. The van der Waals surface area contributed by atoms with Gasteiger partial charge < -0.3 is 10.6 Å². The van der Waals surface area contributed by atoms with Gasteiger partial charge in [0.15, 0.2) is 0 Å². The number of urea groups is 1. The van der Waals surface area contributed by atoms with Crippen LogP contribution in [0.2, 0.25) is 0 Å². The molecule has 0 aromatic heterocycles. The Labute approximate surface area is 142 Å². The number of nitrogens with one attached hydrogen (secondary N) is 2. The van der Waals surface area contributed by atoms with Crippen molar-refractivity contribution in [3.63, 3.8) is 0 Å². The minimum atomic E-state index is -0.962. The first-order valence-electron chi connectivity index (χ1n) is 8.47. The largest absolute Gasteiger partial charge is 0.336 e. The Bertz CT molecular complexity index is 593. The van der Waals surface area contributed by atoms with Crippen molar-refractivity contribution >= 4 is 17.8 Å². The van der Waals surface area contributed by atoms with Crippen LogP contribution in [-0.4, -0.2) is 40.4 Å². The number of rotatable bonds is 7. The predicted molar refractivity (Wildman–Crippen MR) is 87.6 cm³/mol. The molecule has 7 nitrogen and oxygen atoms in total. The Hall–Kier alpha value is -2.10. The third-order valence-electron chi connectivity index (χ3n) is 4.89. The number of hydrogen-bond acceptors (Lipinski definition) is 4. The van der Waals surface area contributed by atoms with Crippen molar-refractivity contribution in [2.24, 2.45) is 11.8 Å². The van der Waals surface area contributed by atoms with E-state index >= 15 is 0 Å². The fraction of sp³-hybridized carbons (Fsp3) is 0.765. The first kappa shape index (κ1) is 18.2. The van der Waals surface area contributed by atoms with Crippen LogP contribution in [0.1, 0.15) is 53.4 Å². The van der Waals surface area contributed by atoms with Crippen LogP contribution < -0.4 is 10.6 Å². The van der Waals surface area contributed by atoms with Crippen LogP contribution >= 0.6 is 0 Å². The van der Waals surface area contributed by atoms with Crippen LogP contribution in [0.15, 0.2) is 0 Å². The second kappa shape index (κ2) is 6.42. The maximum absolute atomic E-state index is 12.6. The van der Waals surface area contributed by atoms with E-state index in [9.17, 15) is 19.6 Å². The smallest absolute Gasteiger partial charge is 0.325 e. The zero-order valence-corrected chi connectivity index (χ0v) is 14.8. The molecule has 1 aliphatic heterocycles. The normalized spacial score (nSPS) is 26.1. The molecule has 1 heterocycles. The fourth-order valence-corrected chi connectivity index (χ4v) is 2.99. The summed E-state index contributed by atoms with van der Waals surface area (Å²) in [5.74, 6) is -0.305. The summed E-state index contributed by atoms with van der Waals surface area (Å²) in [5, 5.41) is 14.7. The summed E-state index contributed by atoms with van der Waals surface area (Å²) in [4.78, 5) is 37.9. The zero-order chi connectivity index (χ0) is 18.1. The van der Waals surface area contributed by atoms with Gasteiger partial charge in [0.25, 0.3) is 5.91 Å². The van der Waals surface area contributed by atoms with Crippen LogP contribution in [0.5, 0.6) is 0 Å². The summed E-state index contributed by atoms with van der Waals surface area (Å²) >= 11 is 0. The molecule has 2 fully saturated rings. The van der Waals surface area contributed by atoms with Crippen LogP contribution in [-0.2, 0) is 9.59 Å². The summed E-state index contributed by atoms with van der Waals surface area (Å²) in [7, 11) is 0. The van der Waals surface area contributed by atoms with Crippen molar-refractivity contribution < 1.29 is 14.4 Å². The molecule has 1 saturated heterocycles. The number of amides is 4. The highest BCUT2D eigenvalue weighted by Gasteiger charge is 2.49. The number of nitriles is 1. The lowest BCUT2D eigenvalue weighted by atomic mass is 9.92. The predicted octanol–water partition coefficient (Wildman–Crippen LogP) is 1.54. The monoisotopic (exact) mass is 334 g/mol. The summed E-state index contributed by atoms with van der Waals surface area (Å²) in [5.41, 5.74) is -1.89. The maximum Gasteiger partial charge on any atom is 0.325 e. The molecule has 2 atom stereocenters. The van der Waals surface area contributed by atoms with Crippen molar-refractivity contribution in [3.05, 3.63) is 0 Å². The van der Waals surface area contributed by atoms with Crippen LogP contribution in [0.25, 0.3) is 0 Å². The molecule has 4 amide bonds. The van der Waals surface area contributed by atoms with E-state index in [4.69, 9.17) is 0 Å². The lowest BCUT2D eigenvalue weighted by Gasteiger charge is -2.25. The lowest BCUT2D eigenvalue weighted by molar-refractivity contribution is -0.135. The average Bonchev–Trinajstić information content (AvgIpc) is 3.32. The van der Waals surface area contributed by atoms with E-state index in [1.165, 1.54) is 0 Å². The zero-order valence-electron chi connectivity index (χ0n) is 14.8. The molecule has 1 aliphatic carbocycles. The molecule has 0 bridgehead atoms. The molecule has 2 aliphatic rings. The molecule has 24 heavy (non-hydrogen) atoms. The standard InChI is InChI=1S/C17H26N4O3/c1-11(2)7-8-16(3)14(23)21(15(24)20-16)9-13(22)19-17(4,10-18)12-5-6-12/h11-12H,5-9H2,1-4H3,(H,19,22)(H,20,24). The molecule has 2 unspecified atom stereocenters. The second-order valence-electron chi connectivity index (χ2n) is 7.72. The van der Waals surface area contributed by atoms with Gasteiger partial charge in [0.1, 0.15) is 17.6 Å². The van der Waals surface area contributed by atoms with E-state index in [0.717, 1.165) is 24.2 Å². The molecule has 7 heteroatoms. The van der Waals surface area contributed by atoms with E-state index in [2.05, 4.69) is 30.6 Å². The van der Waals surface area contributed by atoms with Gasteiger partial charge >= 0.3 is 6.03 Å². The number of hydrogen-bond donors (Lipinski definition) is 2. The first-order valence-corrected chi connectivity index (χ1v) is 8.47. The Kier molecular flexibility index (Phi) is 4.88. The second-order valence-corrected chi connectivity index (χ2v) is 7.72. The van der Waals surface area contributed by atoms with Gasteiger partial charge in [0.2, 0.25) is 5.91 Å². The molecule has 1 saturated carbocycles. The fourth-order valence-electron chi connectivity index (χ4n) is 2.99. The first-order chi connectivity index (χ1) is 11.1. The van der Waals surface area contributed by atoms with Crippen molar-refractivity contribution in [2.45, 2.75) is 64.5 Å². The van der Waals surface area contributed by atoms with Crippen LogP contribution in [0.4, 0.5) is 4.79 Å². The van der Waals surface area contributed by atoms with E-state index in [1.807, 2.05) is 0 Å². The Balaban J connectivity index is 1.99. The van der Waals surface area contributed by atoms with Crippen molar-refractivity contribution in [3.8, 4) is 6.07 Å². The van der Waals surface area contributed by atoms with E-state index in [-0.39, 0.29) is 18.4 Å². The molecular formula is C17H26N4O3. The third-order valence-corrected chi connectivity index (χ3v) is 4.89. The Morgan fingerprint density at radius 3 is 2.62 bits per heavy atom. The average molecular weight is 334 g/mol. The van der Waals surface area contributed by atoms with Gasteiger partial charge in [-0.3, -0.25) is 14.5 Å². The quantitative estimate of drug-likeness (QED) is 0.689. The minimum Gasteiger partial charge on any atom is -0.336 e. The van der Waals surface area contributed by atoms with Gasteiger partial charge in [0.05, 0.1) is 6.07 Å². The highest BCUT2D eigenvalue weighted by molar-refractivity contribution is 6.08. The SMILES string of the molecule is CC(C)CCC1(C)NC(=O)N(CC(=O)NC(C)(C#N)C2CC2)C1=O. The molecule has 2 N–H and O–H groups in total. The van der Waals surface area contributed by atoms with E-state index in [1.54, 1.807) is 13.8 Å². The Morgan fingerprint density at radius 2 is 2.12 bits per heavy atom. The molecule has 2 rings (SSSR count). The highest BCUT2D eigenvalue weighted by atomic mass is 16.2. The summed E-state index contributed by atoms with van der Waals surface area (Å²) in [6.45, 7) is 7.12.